The van der Waals surface area contributed by atoms with Crippen molar-refractivity contribution in [1.82, 2.24) is 10.3 Å². The number of benzene rings is 1. The monoisotopic (exact) mass is 379 g/mol. The van der Waals surface area contributed by atoms with E-state index in [-0.39, 0.29) is 12.0 Å². The van der Waals surface area contributed by atoms with Crippen LogP contribution in [0.3, 0.4) is 0 Å². The summed E-state index contributed by atoms with van der Waals surface area (Å²) < 4.78 is 16.8. The van der Waals surface area contributed by atoms with Crippen LogP contribution < -0.4 is 20.1 Å². The molecule has 3 heterocycles. The van der Waals surface area contributed by atoms with Crippen LogP contribution >= 0.6 is 0 Å². The van der Waals surface area contributed by atoms with Gasteiger partial charge in [-0.15, -0.1) is 0 Å². The fourth-order valence-electron chi connectivity index (χ4n) is 2.88. The summed E-state index contributed by atoms with van der Waals surface area (Å²) in [7, 11) is 0. The van der Waals surface area contributed by atoms with Crippen LogP contribution in [0.4, 0.5) is 5.82 Å². The van der Waals surface area contributed by atoms with Crippen LogP contribution in [0, 0.1) is 0 Å². The largest absolute Gasteiger partial charge is 0.486 e. The predicted molar refractivity (Wildman–Crippen MR) is 104 cm³/mol. The summed E-state index contributed by atoms with van der Waals surface area (Å²) in [6.07, 6.45) is 3.76. The van der Waals surface area contributed by atoms with E-state index in [4.69, 9.17) is 13.9 Å². The Morgan fingerprint density at radius 2 is 2.00 bits per heavy atom. The normalized spacial score (nSPS) is 15.1. The molecule has 0 saturated heterocycles. The van der Waals surface area contributed by atoms with Crippen molar-refractivity contribution in [3.8, 4) is 11.5 Å². The Balaban J connectivity index is 1.22. The van der Waals surface area contributed by atoms with Crippen LogP contribution in [-0.4, -0.2) is 30.1 Å². The molecule has 1 atom stereocenters. The molecule has 0 aliphatic carbocycles. The molecule has 0 fully saturated rings. The first-order valence-corrected chi connectivity index (χ1v) is 9.17. The Morgan fingerprint density at radius 3 is 2.79 bits per heavy atom. The number of rotatable bonds is 7. The van der Waals surface area contributed by atoms with Crippen LogP contribution in [0.5, 0.6) is 11.5 Å². The molecule has 0 spiro atoms. The number of carbonyl (C=O) groups excluding carboxylic acids is 1. The molecule has 7 nitrogen and oxygen atoms in total. The summed E-state index contributed by atoms with van der Waals surface area (Å²) in [5.41, 5.74) is 0.509. The molecule has 1 aliphatic heterocycles. The number of nitrogens with zero attached hydrogens (tertiary/aromatic N) is 1. The minimum atomic E-state index is -0.165. The standard InChI is InChI=1S/C21H21N3O4/c25-21(15-7-8-20(23-12-15)24-13-16-4-3-11-26-16)22-10-9-17-14-27-18-5-1-2-6-19(18)28-17/h1-8,11-12,17H,9-10,13-14H2,(H,22,25)(H,23,24)/t17-/m1/s1. The van der Waals surface area contributed by atoms with Gasteiger partial charge >= 0.3 is 0 Å². The molecule has 2 N–H and O–H groups in total. The summed E-state index contributed by atoms with van der Waals surface area (Å²) >= 11 is 0. The highest BCUT2D eigenvalue weighted by atomic mass is 16.6. The van der Waals surface area contributed by atoms with E-state index in [2.05, 4.69) is 15.6 Å². The third-order valence-corrected chi connectivity index (χ3v) is 4.37. The van der Waals surface area contributed by atoms with Crippen molar-refractivity contribution in [2.24, 2.45) is 0 Å². The predicted octanol–water partition coefficient (Wildman–Crippen LogP) is 3.25. The second kappa shape index (κ2) is 8.47. The fourth-order valence-corrected chi connectivity index (χ4v) is 2.88. The number of furan rings is 1. The molecule has 2 aromatic heterocycles. The quantitative estimate of drug-likeness (QED) is 0.655. The van der Waals surface area contributed by atoms with E-state index in [9.17, 15) is 4.79 Å². The smallest absolute Gasteiger partial charge is 0.252 e. The topological polar surface area (TPSA) is 85.6 Å². The Hall–Kier alpha value is -3.48. The average molecular weight is 379 g/mol. The molecule has 4 rings (SSSR count). The van der Waals surface area contributed by atoms with Crippen LogP contribution in [0.2, 0.25) is 0 Å². The SMILES string of the molecule is O=C(NCC[C@@H]1COc2ccccc2O1)c1ccc(NCc2ccco2)nc1. The molecule has 1 aliphatic rings. The van der Waals surface area contributed by atoms with Crippen molar-refractivity contribution in [2.75, 3.05) is 18.5 Å². The van der Waals surface area contributed by atoms with Crippen LogP contribution in [0.1, 0.15) is 22.5 Å². The average Bonchev–Trinajstić information content (AvgIpc) is 3.26. The van der Waals surface area contributed by atoms with Gasteiger partial charge in [0.05, 0.1) is 18.4 Å². The third kappa shape index (κ3) is 4.43. The second-order valence-corrected chi connectivity index (χ2v) is 6.41. The minimum Gasteiger partial charge on any atom is -0.486 e. The lowest BCUT2D eigenvalue weighted by Gasteiger charge is -2.26. The lowest BCUT2D eigenvalue weighted by Crippen LogP contribution is -2.34. The summed E-state index contributed by atoms with van der Waals surface area (Å²) in [6, 6.07) is 14.8. The number of hydrogen-bond donors (Lipinski definition) is 2. The number of aromatic nitrogens is 1. The van der Waals surface area contributed by atoms with Crippen LogP contribution in [0.15, 0.2) is 65.4 Å². The highest BCUT2D eigenvalue weighted by Gasteiger charge is 2.20. The molecule has 0 radical (unpaired) electrons. The van der Waals surface area contributed by atoms with E-state index in [0.717, 1.165) is 17.3 Å². The Morgan fingerprint density at radius 1 is 1.11 bits per heavy atom. The van der Waals surface area contributed by atoms with Gasteiger partial charge in [0.15, 0.2) is 11.5 Å². The highest BCUT2D eigenvalue weighted by molar-refractivity contribution is 5.94. The number of anilines is 1. The maximum absolute atomic E-state index is 12.3. The molecule has 0 unspecified atom stereocenters. The molecule has 0 saturated carbocycles. The zero-order valence-electron chi connectivity index (χ0n) is 15.3. The van der Waals surface area contributed by atoms with Crippen molar-refractivity contribution in [3.05, 3.63) is 72.3 Å². The number of hydrogen-bond acceptors (Lipinski definition) is 6. The second-order valence-electron chi connectivity index (χ2n) is 6.41. The summed E-state index contributed by atoms with van der Waals surface area (Å²) in [5.74, 6) is 2.84. The minimum absolute atomic E-state index is 0.0819. The molecule has 144 valence electrons. The Bertz CT molecular complexity index is 910. The molecule has 28 heavy (non-hydrogen) atoms. The first-order chi connectivity index (χ1) is 13.8. The number of para-hydroxylation sites is 2. The maximum atomic E-state index is 12.3. The molecule has 1 aromatic carbocycles. The molecule has 0 bridgehead atoms. The van der Waals surface area contributed by atoms with E-state index in [1.807, 2.05) is 36.4 Å². The van der Waals surface area contributed by atoms with Crippen molar-refractivity contribution >= 4 is 11.7 Å². The number of nitrogens with one attached hydrogen (secondary N) is 2. The van der Waals surface area contributed by atoms with Gasteiger partial charge in [0.25, 0.3) is 5.91 Å². The third-order valence-electron chi connectivity index (χ3n) is 4.37. The van der Waals surface area contributed by atoms with E-state index in [1.54, 1.807) is 24.6 Å². The number of fused-ring (bicyclic) bond motifs is 1. The van der Waals surface area contributed by atoms with Gasteiger partial charge in [-0.05, 0) is 36.4 Å². The highest BCUT2D eigenvalue weighted by Crippen LogP contribution is 2.31. The Labute approximate surface area is 162 Å². The number of amides is 1. The van der Waals surface area contributed by atoms with E-state index in [1.165, 1.54) is 0 Å². The first-order valence-electron chi connectivity index (χ1n) is 9.17. The fraction of sp³-hybridized carbons (Fsp3) is 0.238. The number of pyridine rings is 1. The van der Waals surface area contributed by atoms with Crippen LogP contribution in [0.25, 0.3) is 0 Å². The lowest BCUT2D eigenvalue weighted by atomic mass is 10.2. The molecular formula is C21H21N3O4. The van der Waals surface area contributed by atoms with Gasteiger partial charge in [-0.3, -0.25) is 4.79 Å². The Kier molecular flexibility index (Phi) is 5.42. The van der Waals surface area contributed by atoms with E-state index >= 15 is 0 Å². The maximum Gasteiger partial charge on any atom is 0.252 e. The molecule has 3 aromatic rings. The van der Waals surface area contributed by atoms with Gasteiger partial charge < -0.3 is 24.5 Å². The van der Waals surface area contributed by atoms with Gasteiger partial charge in [-0.25, -0.2) is 4.98 Å². The van der Waals surface area contributed by atoms with Crippen LogP contribution in [-0.2, 0) is 6.54 Å². The number of ether oxygens (including phenoxy) is 2. The van der Waals surface area contributed by atoms with Gasteiger partial charge in [-0.1, -0.05) is 12.1 Å². The molecular weight excluding hydrogens is 358 g/mol. The summed E-state index contributed by atoms with van der Waals surface area (Å²) in [5, 5.41) is 6.03. The first kappa shape index (κ1) is 17.9. The van der Waals surface area contributed by atoms with Gasteiger partial charge in [0, 0.05) is 19.2 Å². The van der Waals surface area contributed by atoms with Crippen molar-refractivity contribution in [2.45, 2.75) is 19.1 Å². The lowest BCUT2D eigenvalue weighted by molar-refractivity contribution is 0.0812. The summed E-state index contributed by atoms with van der Waals surface area (Å²) in [4.78, 5) is 16.5. The van der Waals surface area contributed by atoms with Crippen molar-refractivity contribution in [3.63, 3.8) is 0 Å². The van der Waals surface area contributed by atoms with Crippen molar-refractivity contribution < 1.29 is 18.7 Å². The van der Waals surface area contributed by atoms with Gasteiger partial charge in [0.1, 0.15) is 24.3 Å². The molecule has 1 amide bonds. The van der Waals surface area contributed by atoms with E-state index in [0.29, 0.717) is 37.5 Å². The zero-order valence-corrected chi connectivity index (χ0v) is 15.3. The van der Waals surface area contributed by atoms with Gasteiger partial charge in [-0.2, -0.15) is 0 Å². The summed E-state index contributed by atoms with van der Waals surface area (Å²) in [6.45, 7) is 1.51. The van der Waals surface area contributed by atoms with E-state index < -0.39 is 0 Å². The zero-order chi connectivity index (χ0) is 19.2. The van der Waals surface area contributed by atoms with Gasteiger partial charge in [0.2, 0.25) is 0 Å². The number of carbonyl (C=O) groups is 1. The van der Waals surface area contributed by atoms with Crippen molar-refractivity contribution in [1.29, 1.82) is 0 Å². The molecule has 7 heteroatoms.